The number of ether oxygens (including phenoxy) is 1. The predicted molar refractivity (Wildman–Crippen MR) is 88.1 cm³/mol. The summed E-state index contributed by atoms with van der Waals surface area (Å²) in [7, 11) is 0. The number of rotatable bonds is 8. The van der Waals surface area contributed by atoms with Gasteiger partial charge in [0.15, 0.2) is 0 Å². The van der Waals surface area contributed by atoms with E-state index in [1.165, 1.54) is 30.7 Å². The van der Waals surface area contributed by atoms with Crippen LogP contribution < -0.4 is 10.1 Å². The zero-order valence-corrected chi connectivity index (χ0v) is 14.2. The molecule has 10 heteroatoms. The number of aryl methyl sites for hydroxylation is 1. The van der Waals surface area contributed by atoms with Crippen LogP contribution >= 0.6 is 0 Å². The van der Waals surface area contributed by atoms with Gasteiger partial charge in [-0.05, 0) is 38.0 Å². The van der Waals surface area contributed by atoms with Gasteiger partial charge in [-0.2, -0.15) is 13.9 Å². The van der Waals surface area contributed by atoms with Gasteiger partial charge in [-0.25, -0.2) is 0 Å². The molecule has 0 atom stereocenters. The summed E-state index contributed by atoms with van der Waals surface area (Å²) >= 11 is 0. The van der Waals surface area contributed by atoms with Crippen molar-refractivity contribution in [1.82, 2.24) is 15.1 Å². The number of hydrogen-bond acceptors (Lipinski definition) is 5. The van der Waals surface area contributed by atoms with Crippen LogP contribution in [0.25, 0.3) is 0 Å². The molecule has 0 bridgehead atoms. The Balaban J connectivity index is 1.84. The lowest BCUT2D eigenvalue weighted by Gasteiger charge is -2.08. The average Bonchev–Trinajstić information content (AvgIpc) is 2.82. The molecule has 0 aliphatic heterocycles. The summed E-state index contributed by atoms with van der Waals surface area (Å²) in [5.74, 6) is -0.262. The highest BCUT2D eigenvalue weighted by Crippen LogP contribution is 2.21. The SMILES string of the molecule is Cc1nn(CC(=O)NCCc2ccc(OC(F)F)cc2)c(C)c1[N+](=O)[O-]. The Morgan fingerprint density at radius 2 is 2.00 bits per heavy atom. The van der Waals surface area contributed by atoms with Crippen LogP contribution in [-0.2, 0) is 17.8 Å². The molecule has 0 unspecified atom stereocenters. The second kappa shape index (κ2) is 8.37. The minimum absolute atomic E-state index is 0.0684. The zero-order chi connectivity index (χ0) is 19.3. The van der Waals surface area contributed by atoms with Crippen molar-refractivity contribution in [2.45, 2.75) is 33.4 Å². The molecule has 0 spiro atoms. The maximum atomic E-state index is 12.1. The maximum Gasteiger partial charge on any atom is 0.387 e. The van der Waals surface area contributed by atoms with Crippen molar-refractivity contribution in [3.8, 4) is 5.75 Å². The molecule has 1 heterocycles. The molecule has 1 aromatic carbocycles. The first kappa shape index (κ1) is 19.3. The third-order valence-electron chi connectivity index (χ3n) is 3.70. The van der Waals surface area contributed by atoms with Crippen molar-refractivity contribution in [2.75, 3.05) is 6.54 Å². The Bertz CT molecular complexity index is 790. The highest BCUT2D eigenvalue weighted by Gasteiger charge is 2.22. The monoisotopic (exact) mass is 368 g/mol. The van der Waals surface area contributed by atoms with Crippen molar-refractivity contribution in [3.63, 3.8) is 0 Å². The smallest absolute Gasteiger partial charge is 0.387 e. The van der Waals surface area contributed by atoms with Gasteiger partial charge in [0.1, 0.15) is 23.7 Å². The number of carbonyl (C=O) groups is 1. The highest BCUT2D eigenvalue weighted by atomic mass is 19.3. The van der Waals surface area contributed by atoms with Crippen LogP contribution in [0, 0.1) is 24.0 Å². The number of benzene rings is 1. The lowest BCUT2D eigenvalue weighted by Crippen LogP contribution is -2.30. The van der Waals surface area contributed by atoms with Gasteiger partial charge in [-0.15, -0.1) is 0 Å². The first-order valence-corrected chi connectivity index (χ1v) is 7.76. The van der Waals surface area contributed by atoms with Gasteiger partial charge in [0.25, 0.3) is 0 Å². The molecule has 0 aliphatic rings. The molecule has 1 N–H and O–H groups in total. The molecule has 0 fully saturated rings. The van der Waals surface area contributed by atoms with Gasteiger partial charge in [-0.1, -0.05) is 12.1 Å². The van der Waals surface area contributed by atoms with Crippen molar-refractivity contribution >= 4 is 11.6 Å². The quantitative estimate of drug-likeness (QED) is 0.570. The van der Waals surface area contributed by atoms with Gasteiger partial charge >= 0.3 is 12.3 Å². The fourth-order valence-corrected chi connectivity index (χ4v) is 2.48. The minimum Gasteiger partial charge on any atom is -0.435 e. The second-order valence-electron chi connectivity index (χ2n) is 5.56. The van der Waals surface area contributed by atoms with E-state index in [-0.39, 0.29) is 29.6 Å². The topological polar surface area (TPSA) is 99.3 Å². The van der Waals surface area contributed by atoms with Crippen LogP contribution in [0.2, 0.25) is 0 Å². The number of aromatic nitrogens is 2. The number of nitrogens with zero attached hydrogens (tertiary/aromatic N) is 3. The summed E-state index contributed by atoms with van der Waals surface area (Å²) in [5.41, 5.74) is 1.32. The molecule has 1 amide bonds. The first-order valence-electron chi connectivity index (χ1n) is 7.76. The standard InChI is InChI=1S/C16H18F2N4O4/c1-10-15(22(24)25)11(2)21(20-10)9-14(23)19-8-7-12-3-5-13(6-4-12)26-16(17)18/h3-6,16H,7-9H2,1-2H3,(H,19,23). The Hall–Kier alpha value is -3.04. The molecular formula is C16H18F2N4O4. The number of hydrogen-bond donors (Lipinski definition) is 1. The Labute approximate surface area is 147 Å². The molecular weight excluding hydrogens is 350 g/mol. The Morgan fingerprint density at radius 1 is 1.35 bits per heavy atom. The maximum absolute atomic E-state index is 12.1. The molecule has 2 aromatic rings. The molecule has 26 heavy (non-hydrogen) atoms. The van der Waals surface area contributed by atoms with Crippen LogP contribution in [-0.4, -0.2) is 33.8 Å². The zero-order valence-electron chi connectivity index (χ0n) is 14.2. The van der Waals surface area contributed by atoms with E-state index in [1.807, 2.05) is 0 Å². The molecule has 0 saturated carbocycles. The minimum atomic E-state index is -2.87. The summed E-state index contributed by atoms with van der Waals surface area (Å²) < 4.78 is 29.7. The third-order valence-corrected chi connectivity index (χ3v) is 3.70. The van der Waals surface area contributed by atoms with Crippen LogP contribution in [0.3, 0.4) is 0 Å². The average molecular weight is 368 g/mol. The number of carbonyl (C=O) groups excluding carboxylic acids is 1. The van der Waals surface area contributed by atoms with E-state index >= 15 is 0 Å². The molecule has 2 rings (SSSR count). The molecule has 0 radical (unpaired) electrons. The van der Waals surface area contributed by atoms with E-state index < -0.39 is 11.5 Å². The summed E-state index contributed by atoms with van der Waals surface area (Å²) in [6.07, 6.45) is 0.498. The van der Waals surface area contributed by atoms with Crippen molar-refractivity contribution in [2.24, 2.45) is 0 Å². The fourth-order valence-electron chi connectivity index (χ4n) is 2.48. The van der Waals surface area contributed by atoms with Crippen LogP contribution in [0.1, 0.15) is 17.0 Å². The largest absolute Gasteiger partial charge is 0.435 e. The van der Waals surface area contributed by atoms with E-state index in [1.54, 1.807) is 12.1 Å². The number of nitrogens with one attached hydrogen (secondary N) is 1. The highest BCUT2D eigenvalue weighted by molar-refractivity contribution is 5.75. The summed E-state index contributed by atoms with van der Waals surface area (Å²) in [4.78, 5) is 22.4. The number of amides is 1. The van der Waals surface area contributed by atoms with Gasteiger partial charge in [0.2, 0.25) is 5.91 Å². The first-order chi connectivity index (χ1) is 12.3. The van der Waals surface area contributed by atoms with E-state index in [2.05, 4.69) is 15.2 Å². The predicted octanol–water partition coefficient (Wildman–Crippen LogP) is 2.37. The molecule has 1 aromatic heterocycles. The molecule has 0 aliphatic carbocycles. The van der Waals surface area contributed by atoms with Crippen LogP contribution in [0.15, 0.2) is 24.3 Å². The van der Waals surface area contributed by atoms with E-state index in [4.69, 9.17) is 0 Å². The molecule has 8 nitrogen and oxygen atoms in total. The van der Waals surface area contributed by atoms with Gasteiger partial charge < -0.3 is 10.1 Å². The summed E-state index contributed by atoms with van der Waals surface area (Å²) in [5, 5.41) is 17.7. The number of halogens is 2. The van der Waals surface area contributed by atoms with Crippen molar-refractivity contribution in [1.29, 1.82) is 0 Å². The van der Waals surface area contributed by atoms with Crippen LogP contribution in [0.4, 0.5) is 14.5 Å². The second-order valence-corrected chi connectivity index (χ2v) is 5.56. The fraction of sp³-hybridized carbons (Fsp3) is 0.375. The Morgan fingerprint density at radius 3 is 2.54 bits per heavy atom. The summed E-state index contributed by atoms with van der Waals surface area (Å²) in [6, 6.07) is 6.12. The van der Waals surface area contributed by atoms with Gasteiger partial charge in [0, 0.05) is 6.54 Å². The Kier molecular flexibility index (Phi) is 6.21. The number of nitro groups is 1. The third kappa shape index (κ3) is 4.98. The lowest BCUT2D eigenvalue weighted by molar-refractivity contribution is -0.386. The van der Waals surface area contributed by atoms with Crippen molar-refractivity contribution in [3.05, 3.63) is 51.3 Å². The molecule has 140 valence electrons. The van der Waals surface area contributed by atoms with E-state index in [0.717, 1.165) is 5.56 Å². The van der Waals surface area contributed by atoms with Crippen molar-refractivity contribution < 1.29 is 23.2 Å². The van der Waals surface area contributed by atoms with E-state index in [9.17, 15) is 23.7 Å². The van der Waals surface area contributed by atoms with Gasteiger partial charge in [-0.3, -0.25) is 19.6 Å². The van der Waals surface area contributed by atoms with Gasteiger partial charge in [0.05, 0.1) is 4.92 Å². The van der Waals surface area contributed by atoms with Crippen LogP contribution in [0.5, 0.6) is 5.75 Å². The van der Waals surface area contributed by atoms with E-state index in [0.29, 0.717) is 18.7 Å². The molecule has 0 saturated heterocycles. The normalized spacial score (nSPS) is 10.8. The lowest BCUT2D eigenvalue weighted by atomic mass is 10.1. The summed E-state index contributed by atoms with van der Waals surface area (Å²) in [6.45, 7) is 0.386. The number of alkyl halides is 2.